The minimum atomic E-state index is -0.370. The van der Waals surface area contributed by atoms with E-state index < -0.39 is 0 Å². The molecule has 1 aromatic rings. The van der Waals surface area contributed by atoms with Crippen LogP contribution in [0.4, 0.5) is 5.69 Å². The number of hydrogen-bond acceptors (Lipinski definition) is 5. The monoisotopic (exact) mass is 297 g/mol. The molecule has 2 N–H and O–H groups in total. The number of halogens is 1. The van der Waals surface area contributed by atoms with Gasteiger partial charge in [-0.2, -0.15) is 0 Å². The molecule has 6 heteroatoms. The normalized spacial score (nSPS) is 19.2. The van der Waals surface area contributed by atoms with Gasteiger partial charge in [-0.1, -0.05) is 11.6 Å². The van der Waals surface area contributed by atoms with Crippen LogP contribution in [0.2, 0.25) is 5.15 Å². The van der Waals surface area contributed by atoms with E-state index in [0.717, 1.165) is 32.4 Å². The largest absolute Gasteiger partial charge is 0.462 e. The zero-order valence-electron chi connectivity index (χ0n) is 11.6. The number of pyridine rings is 1. The van der Waals surface area contributed by atoms with Crippen LogP contribution in [0.25, 0.3) is 0 Å². The molecule has 0 radical (unpaired) electrons. The van der Waals surface area contributed by atoms with Crippen LogP contribution in [-0.2, 0) is 4.74 Å². The standard InChI is InChI=1S/C14H20ClN3O2/c1-2-20-14(19)11-9-17-13(15)8-12(11)18-10-4-3-6-16-7-5-10/h8-10,16H,2-7H2,1H3,(H,17,18). The summed E-state index contributed by atoms with van der Waals surface area (Å²) in [6.07, 6.45) is 4.67. The number of esters is 1. The first kappa shape index (κ1) is 15.1. The third-order valence-corrected chi connectivity index (χ3v) is 3.51. The van der Waals surface area contributed by atoms with Gasteiger partial charge >= 0.3 is 5.97 Å². The van der Waals surface area contributed by atoms with Crippen molar-refractivity contribution in [2.24, 2.45) is 0 Å². The fraction of sp³-hybridized carbons (Fsp3) is 0.571. The van der Waals surface area contributed by atoms with Gasteiger partial charge < -0.3 is 15.4 Å². The lowest BCUT2D eigenvalue weighted by molar-refractivity contribution is 0.0527. The minimum absolute atomic E-state index is 0.330. The number of ether oxygens (including phenoxy) is 1. The van der Waals surface area contributed by atoms with E-state index in [1.807, 2.05) is 0 Å². The number of carbonyl (C=O) groups is 1. The molecule has 20 heavy (non-hydrogen) atoms. The van der Waals surface area contributed by atoms with Gasteiger partial charge in [0.05, 0.1) is 12.3 Å². The molecule has 0 saturated carbocycles. The summed E-state index contributed by atoms with van der Waals surface area (Å²) in [5.74, 6) is -0.370. The molecule has 1 aliphatic rings. The van der Waals surface area contributed by atoms with E-state index in [-0.39, 0.29) is 5.97 Å². The van der Waals surface area contributed by atoms with Gasteiger partial charge in [-0.15, -0.1) is 0 Å². The maximum Gasteiger partial charge on any atom is 0.341 e. The number of hydrogen-bond donors (Lipinski definition) is 2. The molecule has 110 valence electrons. The molecule has 1 atom stereocenters. The van der Waals surface area contributed by atoms with Gasteiger partial charge in [-0.05, 0) is 45.3 Å². The summed E-state index contributed by atoms with van der Waals surface area (Å²) >= 11 is 5.93. The van der Waals surface area contributed by atoms with Crippen molar-refractivity contribution in [3.63, 3.8) is 0 Å². The highest BCUT2D eigenvalue weighted by Crippen LogP contribution is 2.22. The van der Waals surface area contributed by atoms with Gasteiger partial charge in [0.25, 0.3) is 0 Å². The van der Waals surface area contributed by atoms with Gasteiger partial charge in [0, 0.05) is 12.2 Å². The van der Waals surface area contributed by atoms with Gasteiger partial charge in [-0.3, -0.25) is 0 Å². The van der Waals surface area contributed by atoms with Crippen molar-refractivity contribution < 1.29 is 9.53 Å². The lowest BCUT2D eigenvalue weighted by Crippen LogP contribution is -2.23. The van der Waals surface area contributed by atoms with Crippen LogP contribution in [0.5, 0.6) is 0 Å². The topological polar surface area (TPSA) is 63.2 Å². The first-order valence-electron chi connectivity index (χ1n) is 7.00. The number of anilines is 1. The highest BCUT2D eigenvalue weighted by Gasteiger charge is 2.18. The van der Waals surface area contributed by atoms with Crippen LogP contribution in [-0.4, -0.2) is 36.7 Å². The van der Waals surface area contributed by atoms with Crippen molar-refractivity contribution >= 4 is 23.3 Å². The number of carbonyl (C=O) groups excluding carboxylic acids is 1. The molecule has 2 rings (SSSR count). The molecule has 1 aromatic heterocycles. The molecule has 1 fully saturated rings. The summed E-state index contributed by atoms with van der Waals surface area (Å²) in [4.78, 5) is 15.9. The van der Waals surface area contributed by atoms with E-state index in [1.165, 1.54) is 6.20 Å². The second kappa shape index (κ2) is 7.45. The molecular formula is C14H20ClN3O2. The molecule has 5 nitrogen and oxygen atoms in total. The zero-order chi connectivity index (χ0) is 14.4. The third kappa shape index (κ3) is 4.08. The first-order chi connectivity index (χ1) is 9.70. The van der Waals surface area contributed by atoms with E-state index >= 15 is 0 Å². The van der Waals surface area contributed by atoms with Crippen LogP contribution < -0.4 is 10.6 Å². The Morgan fingerprint density at radius 2 is 2.40 bits per heavy atom. The lowest BCUT2D eigenvalue weighted by Gasteiger charge is -2.19. The second-order valence-electron chi connectivity index (χ2n) is 4.80. The molecule has 1 unspecified atom stereocenters. The molecule has 1 saturated heterocycles. The number of nitrogens with zero attached hydrogens (tertiary/aromatic N) is 1. The fourth-order valence-corrected chi connectivity index (χ4v) is 2.46. The van der Waals surface area contributed by atoms with E-state index in [1.54, 1.807) is 13.0 Å². The van der Waals surface area contributed by atoms with Crippen molar-refractivity contribution in [2.45, 2.75) is 32.2 Å². The number of nitrogens with one attached hydrogen (secondary N) is 2. The summed E-state index contributed by atoms with van der Waals surface area (Å²) in [6, 6.07) is 2.02. The van der Waals surface area contributed by atoms with Crippen LogP contribution in [0.15, 0.2) is 12.3 Å². The second-order valence-corrected chi connectivity index (χ2v) is 5.18. The van der Waals surface area contributed by atoms with E-state index in [4.69, 9.17) is 16.3 Å². The summed E-state index contributed by atoms with van der Waals surface area (Å²) in [5, 5.41) is 7.13. The molecule has 0 aromatic carbocycles. The zero-order valence-corrected chi connectivity index (χ0v) is 12.4. The van der Waals surface area contributed by atoms with Crippen molar-refractivity contribution in [1.82, 2.24) is 10.3 Å². The van der Waals surface area contributed by atoms with Crippen molar-refractivity contribution in [1.29, 1.82) is 0 Å². The van der Waals surface area contributed by atoms with E-state index in [2.05, 4.69) is 15.6 Å². The molecule has 0 amide bonds. The third-order valence-electron chi connectivity index (χ3n) is 3.30. The van der Waals surface area contributed by atoms with Gasteiger partial charge in [0.15, 0.2) is 0 Å². The van der Waals surface area contributed by atoms with E-state index in [9.17, 15) is 4.79 Å². The van der Waals surface area contributed by atoms with Crippen LogP contribution in [0.1, 0.15) is 36.5 Å². The van der Waals surface area contributed by atoms with Crippen molar-refractivity contribution in [2.75, 3.05) is 25.0 Å². The van der Waals surface area contributed by atoms with Crippen molar-refractivity contribution in [3.05, 3.63) is 23.0 Å². The highest BCUT2D eigenvalue weighted by molar-refractivity contribution is 6.29. The molecule has 1 aliphatic heterocycles. The predicted octanol–water partition coefficient (Wildman–Crippen LogP) is 2.47. The number of aromatic nitrogens is 1. The molecular weight excluding hydrogens is 278 g/mol. The Balaban J connectivity index is 2.15. The Morgan fingerprint density at radius 3 is 3.20 bits per heavy atom. The number of rotatable bonds is 4. The summed E-state index contributed by atoms with van der Waals surface area (Å²) in [5.41, 5.74) is 1.14. The Hall–Kier alpha value is -1.33. The van der Waals surface area contributed by atoms with Gasteiger partial charge in [-0.25, -0.2) is 9.78 Å². The van der Waals surface area contributed by atoms with Gasteiger partial charge in [0.2, 0.25) is 0 Å². The Kier molecular flexibility index (Phi) is 5.61. The van der Waals surface area contributed by atoms with Gasteiger partial charge in [0.1, 0.15) is 10.7 Å². The summed E-state index contributed by atoms with van der Waals surface area (Å²) in [6.45, 7) is 4.14. The average Bonchev–Trinajstić information content (AvgIpc) is 2.68. The summed E-state index contributed by atoms with van der Waals surface area (Å²) < 4.78 is 5.05. The Bertz CT molecular complexity index is 460. The fourth-order valence-electron chi connectivity index (χ4n) is 2.30. The predicted molar refractivity (Wildman–Crippen MR) is 79.3 cm³/mol. The van der Waals surface area contributed by atoms with Crippen LogP contribution >= 0.6 is 11.6 Å². The molecule has 0 spiro atoms. The SMILES string of the molecule is CCOC(=O)c1cnc(Cl)cc1NC1CCCNCC1. The molecule has 0 bridgehead atoms. The maximum atomic E-state index is 11.9. The van der Waals surface area contributed by atoms with Crippen LogP contribution in [0, 0.1) is 0 Å². The Labute approximate surface area is 124 Å². The molecule has 2 heterocycles. The van der Waals surface area contributed by atoms with Crippen LogP contribution in [0.3, 0.4) is 0 Å². The first-order valence-corrected chi connectivity index (χ1v) is 7.38. The Morgan fingerprint density at radius 1 is 1.55 bits per heavy atom. The lowest BCUT2D eigenvalue weighted by atomic mass is 10.1. The average molecular weight is 298 g/mol. The minimum Gasteiger partial charge on any atom is -0.462 e. The highest BCUT2D eigenvalue weighted by atomic mass is 35.5. The smallest absolute Gasteiger partial charge is 0.341 e. The maximum absolute atomic E-state index is 11.9. The van der Waals surface area contributed by atoms with E-state index in [0.29, 0.717) is 29.1 Å². The molecule has 0 aliphatic carbocycles. The quantitative estimate of drug-likeness (QED) is 0.660. The van der Waals surface area contributed by atoms with Crippen molar-refractivity contribution in [3.8, 4) is 0 Å². The summed E-state index contributed by atoms with van der Waals surface area (Å²) in [7, 11) is 0.